The summed E-state index contributed by atoms with van der Waals surface area (Å²) in [4.78, 5) is 30.9. The SMILES string of the molecule is O=C1CC(C(=O)N2CCC(CO)CC2)CN1CCN1CCOCC1. The van der Waals surface area contributed by atoms with Gasteiger partial charge in [0, 0.05) is 58.8 Å². The number of amides is 2. The molecule has 0 spiro atoms. The maximum absolute atomic E-state index is 12.7. The fourth-order valence-corrected chi connectivity index (χ4v) is 3.83. The Bertz CT molecular complexity index is 445. The van der Waals surface area contributed by atoms with E-state index in [0.29, 0.717) is 38.5 Å². The third kappa shape index (κ3) is 4.26. The van der Waals surface area contributed by atoms with E-state index in [0.717, 1.165) is 45.7 Å². The minimum absolute atomic E-state index is 0.104. The molecule has 3 rings (SSSR count). The molecule has 3 aliphatic heterocycles. The molecule has 0 aliphatic carbocycles. The van der Waals surface area contributed by atoms with E-state index in [1.165, 1.54) is 0 Å². The lowest BCUT2D eigenvalue weighted by Gasteiger charge is -2.32. The monoisotopic (exact) mass is 339 g/mol. The molecule has 0 aromatic heterocycles. The van der Waals surface area contributed by atoms with Gasteiger partial charge in [0.1, 0.15) is 0 Å². The summed E-state index contributed by atoms with van der Waals surface area (Å²) in [6, 6.07) is 0. The largest absolute Gasteiger partial charge is 0.396 e. The topological polar surface area (TPSA) is 73.3 Å². The van der Waals surface area contributed by atoms with Gasteiger partial charge in [-0.25, -0.2) is 0 Å². The minimum Gasteiger partial charge on any atom is -0.396 e. The van der Waals surface area contributed by atoms with E-state index in [9.17, 15) is 14.7 Å². The zero-order valence-corrected chi connectivity index (χ0v) is 14.4. The highest BCUT2D eigenvalue weighted by Crippen LogP contribution is 2.23. The highest BCUT2D eigenvalue weighted by Gasteiger charge is 2.37. The first-order valence-corrected chi connectivity index (χ1v) is 9.15. The van der Waals surface area contributed by atoms with Crippen LogP contribution >= 0.6 is 0 Å². The Morgan fingerprint density at radius 3 is 2.50 bits per heavy atom. The van der Waals surface area contributed by atoms with Crippen LogP contribution in [-0.4, -0.2) is 97.3 Å². The van der Waals surface area contributed by atoms with Crippen molar-refractivity contribution in [2.75, 3.05) is 65.6 Å². The van der Waals surface area contributed by atoms with Crippen LogP contribution in [0.25, 0.3) is 0 Å². The Hall–Kier alpha value is -1.18. The number of likely N-dealkylation sites (tertiary alicyclic amines) is 2. The van der Waals surface area contributed by atoms with Gasteiger partial charge in [-0.3, -0.25) is 14.5 Å². The van der Waals surface area contributed by atoms with Crippen LogP contribution in [-0.2, 0) is 14.3 Å². The first-order valence-electron chi connectivity index (χ1n) is 9.15. The van der Waals surface area contributed by atoms with Crippen molar-refractivity contribution in [3.8, 4) is 0 Å². The summed E-state index contributed by atoms with van der Waals surface area (Å²) in [6.45, 7) is 7.12. The molecule has 2 amide bonds. The Labute approximate surface area is 143 Å². The van der Waals surface area contributed by atoms with Crippen molar-refractivity contribution in [3.63, 3.8) is 0 Å². The first-order chi connectivity index (χ1) is 11.7. The van der Waals surface area contributed by atoms with Gasteiger partial charge in [0.25, 0.3) is 0 Å². The molecule has 7 heteroatoms. The number of ether oxygens (including phenoxy) is 1. The molecular weight excluding hydrogens is 310 g/mol. The molecule has 0 bridgehead atoms. The van der Waals surface area contributed by atoms with Crippen LogP contribution in [0.1, 0.15) is 19.3 Å². The van der Waals surface area contributed by atoms with Crippen LogP contribution < -0.4 is 0 Å². The fourth-order valence-electron chi connectivity index (χ4n) is 3.83. The molecule has 0 aromatic rings. The molecular formula is C17H29N3O4. The van der Waals surface area contributed by atoms with Gasteiger partial charge in [0.05, 0.1) is 19.1 Å². The standard InChI is InChI=1S/C17H29N3O4/c21-13-14-1-3-19(4-2-14)17(23)15-11-16(22)20(12-15)6-5-18-7-9-24-10-8-18/h14-15,21H,1-13H2. The smallest absolute Gasteiger partial charge is 0.227 e. The van der Waals surface area contributed by atoms with Crippen molar-refractivity contribution in [1.82, 2.24) is 14.7 Å². The van der Waals surface area contributed by atoms with E-state index >= 15 is 0 Å². The van der Waals surface area contributed by atoms with E-state index in [2.05, 4.69) is 4.90 Å². The van der Waals surface area contributed by atoms with Crippen LogP contribution in [0.5, 0.6) is 0 Å². The number of rotatable bonds is 5. The summed E-state index contributed by atoms with van der Waals surface area (Å²) in [5.41, 5.74) is 0. The number of carbonyl (C=O) groups excluding carboxylic acids is 2. The van der Waals surface area contributed by atoms with Gasteiger partial charge in [0.2, 0.25) is 11.8 Å². The summed E-state index contributed by atoms with van der Waals surface area (Å²) in [6.07, 6.45) is 2.08. The Morgan fingerprint density at radius 2 is 1.83 bits per heavy atom. The number of piperidine rings is 1. The molecule has 1 atom stereocenters. The maximum atomic E-state index is 12.7. The molecule has 0 saturated carbocycles. The summed E-state index contributed by atoms with van der Waals surface area (Å²) in [5.74, 6) is 0.359. The van der Waals surface area contributed by atoms with Crippen molar-refractivity contribution in [3.05, 3.63) is 0 Å². The van der Waals surface area contributed by atoms with E-state index in [4.69, 9.17) is 4.74 Å². The second-order valence-corrected chi connectivity index (χ2v) is 7.15. The maximum Gasteiger partial charge on any atom is 0.227 e. The predicted molar refractivity (Wildman–Crippen MR) is 88.3 cm³/mol. The lowest BCUT2D eigenvalue weighted by Crippen LogP contribution is -2.44. The molecule has 1 unspecified atom stereocenters. The highest BCUT2D eigenvalue weighted by molar-refractivity contribution is 5.89. The van der Waals surface area contributed by atoms with E-state index in [-0.39, 0.29) is 24.3 Å². The van der Waals surface area contributed by atoms with Crippen molar-refractivity contribution in [1.29, 1.82) is 0 Å². The molecule has 3 fully saturated rings. The molecule has 3 heterocycles. The number of aliphatic hydroxyl groups excluding tert-OH is 1. The molecule has 0 aromatic carbocycles. The Morgan fingerprint density at radius 1 is 1.12 bits per heavy atom. The Kier molecular flexibility index (Phi) is 6.08. The molecule has 3 saturated heterocycles. The number of hydrogen-bond acceptors (Lipinski definition) is 5. The predicted octanol–water partition coefficient (Wildman–Crippen LogP) is -0.602. The van der Waals surface area contributed by atoms with Gasteiger partial charge >= 0.3 is 0 Å². The van der Waals surface area contributed by atoms with Gasteiger partial charge < -0.3 is 19.6 Å². The first kappa shape index (κ1) is 17.6. The molecule has 1 N–H and O–H groups in total. The molecule has 24 heavy (non-hydrogen) atoms. The summed E-state index contributed by atoms with van der Waals surface area (Å²) >= 11 is 0. The van der Waals surface area contributed by atoms with Crippen LogP contribution in [0.3, 0.4) is 0 Å². The van der Waals surface area contributed by atoms with Crippen LogP contribution in [0.15, 0.2) is 0 Å². The van der Waals surface area contributed by atoms with Crippen LogP contribution in [0.4, 0.5) is 0 Å². The normalized spacial score (nSPS) is 27.0. The minimum atomic E-state index is -0.187. The number of aliphatic hydroxyl groups is 1. The quantitative estimate of drug-likeness (QED) is 0.724. The summed E-state index contributed by atoms with van der Waals surface area (Å²) in [5, 5.41) is 9.20. The van der Waals surface area contributed by atoms with Crippen molar-refractivity contribution >= 4 is 11.8 Å². The zero-order chi connectivity index (χ0) is 16.9. The van der Waals surface area contributed by atoms with Crippen molar-refractivity contribution in [2.24, 2.45) is 11.8 Å². The van der Waals surface area contributed by atoms with Gasteiger partial charge in [-0.1, -0.05) is 0 Å². The summed E-state index contributed by atoms with van der Waals surface area (Å²) < 4.78 is 5.34. The third-order valence-electron chi connectivity index (χ3n) is 5.54. The van der Waals surface area contributed by atoms with Gasteiger partial charge in [-0.05, 0) is 18.8 Å². The van der Waals surface area contributed by atoms with Crippen LogP contribution in [0, 0.1) is 11.8 Å². The molecule has 7 nitrogen and oxygen atoms in total. The number of morpholine rings is 1. The lowest BCUT2D eigenvalue weighted by atomic mass is 9.96. The van der Waals surface area contributed by atoms with E-state index < -0.39 is 0 Å². The number of hydrogen-bond donors (Lipinski definition) is 1. The Balaban J connectivity index is 1.44. The number of carbonyl (C=O) groups is 2. The fraction of sp³-hybridized carbons (Fsp3) is 0.882. The van der Waals surface area contributed by atoms with Gasteiger partial charge in [-0.2, -0.15) is 0 Å². The third-order valence-corrected chi connectivity index (χ3v) is 5.54. The molecule has 0 radical (unpaired) electrons. The lowest BCUT2D eigenvalue weighted by molar-refractivity contribution is -0.137. The van der Waals surface area contributed by atoms with Gasteiger partial charge in [0.15, 0.2) is 0 Å². The highest BCUT2D eigenvalue weighted by atomic mass is 16.5. The van der Waals surface area contributed by atoms with E-state index in [1.807, 2.05) is 9.80 Å². The molecule has 3 aliphatic rings. The average Bonchev–Trinajstić information content (AvgIpc) is 3.01. The van der Waals surface area contributed by atoms with Crippen molar-refractivity contribution in [2.45, 2.75) is 19.3 Å². The second-order valence-electron chi connectivity index (χ2n) is 7.15. The zero-order valence-electron chi connectivity index (χ0n) is 14.4. The number of nitrogens with zero attached hydrogens (tertiary/aromatic N) is 3. The van der Waals surface area contributed by atoms with E-state index in [1.54, 1.807) is 0 Å². The second kappa shape index (κ2) is 8.27. The van der Waals surface area contributed by atoms with Crippen LogP contribution in [0.2, 0.25) is 0 Å². The average molecular weight is 339 g/mol. The summed E-state index contributed by atoms with van der Waals surface area (Å²) in [7, 11) is 0. The van der Waals surface area contributed by atoms with Crippen molar-refractivity contribution < 1.29 is 19.4 Å². The van der Waals surface area contributed by atoms with Gasteiger partial charge in [-0.15, -0.1) is 0 Å². The molecule has 136 valence electrons.